The fourth-order valence-corrected chi connectivity index (χ4v) is 3.06. The summed E-state index contributed by atoms with van der Waals surface area (Å²) >= 11 is 6.20. The van der Waals surface area contributed by atoms with Crippen molar-refractivity contribution in [3.63, 3.8) is 0 Å². The summed E-state index contributed by atoms with van der Waals surface area (Å²) in [6, 6.07) is 11.2. The van der Waals surface area contributed by atoms with Gasteiger partial charge in [-0.15, -0.1) is 0 Å². The Balaban J connectivity index is 2.08. The first-order valence-electron chi connectivity index (χ1n) is 6.88. The molecule has 1 atom stereocenters. The van der Waals surface area contributed by atoms with Crippen LogP contribution < -0.4 is 11.3 Å². The van der Waals surface area contributed by atoms with Crippen molar-refractivity contribution in [2.24, 2.45) is 5.73 Å². The van der Waals surface area contributed by atoms with Crippen LogP contribution in [0.4, 0.5) is 0 Å². The van der Waals surface area contributed by atoms with E-state index in [-0.39, 0.29) is 11.6 Å². The third kappa shape index (κ3) is 2.39. The number of rotatable bonds is 2. The van der Waals surface area contributed by atoms with Crippen molar-refractivity contribution in [3.05, 3.63) is 68.6 Å². The Morgan fingerprint density at radius 1 is 1.25 bits per heavy atom. The van der Waals surface area contributed by atoms with Gasteiger partial charge in [-0.1, -0.05) is 35.9 Å². The van der Waals surface area contributed by atoms with Crippen LogP contribution in [0.1, 0.15) is 35.7 Å². The van der Waals surface area contributed by atoms with E-state index in [9.17, 15) is 4.79 Å². The molecule has 3 nitrogen and oxygen atoms in total. The molecule has 1 aromatic heterocycles. The van der Waals surface area contributed by atoms with Crippen LogP contribution in [0.2, 0.25) is 5.02 Å². The minimum atomic E-state index is 0.0118. The van der Waals surface area contributed by atoms with Crippen molar-refractivity contribution in [1.29, 1.82) is 0 Å². The molecule has 3 rings (SSSR count). The van der Waals surface area contributed by atoms with Crippen LogP contribution in [-0.2, 0) is 13.0 Å². The van der Waals surface area contributed by atoms with Gasteiger partial charge in [-0.25, -0.2) is 0 Å². The Bertz CT molecular complexity index is 693. The highest BCUT2D eigenvalue weighted by atomic mass is 35.5. The van der Waals surface area contributed by atoms with E-state index in [0.29, 0.717) is 11.6 Å². The van der Waals surface area contributed by atoms with Gasteiger partial charge in [-0.05, 0) is 36.5 Å². The molecule has 0 radical (unpaired) electrons. The molecule has 0 bridgehead atoms. The number of aromatic nitrogens is 1. The molecule has 0 saturated carbocycles. The number of fused-ring (bicyclic) bond motifs is 1. The molecule has 2 aromatic rings. The van der Waals surface area contributed by atoms with Gasteiger partial charge < -0.3 is 10.3 Å². The summed E-state index contributed by atoms with van der Waals surface area (Å²) in [6.07, 6.45) is 2.92. The monoisotopic (exact) mass is 288 g/mol. The zero-order valence-electron chi connectivity index (χ0n) is 11.2. The van der Waals surface area contributed by atoms with Crippen LogP contribution in [0.3, 0.4) is 0 Å². The molecule has 4 heteroatoms. The molecule has 0 saturated heterocycles. The number of pyridine rings is 1. The summed E-state index contributed by atoms with van der Waals surface area (Å²) in [5, 5.41) is 0.692. The lowest BCUT2D eigenvalue weighted by Crippen LogP contribution is -2.29. The topological polar surface area (TPSA) is 48.0 Å². The average Bonchev–Trinajstić information content (AvgIpc) is 2.44. The van der Waals surface area contributed by atoms with Crippen molar-refractivity contribution >= 4 is 11.6 Å². The maximum atomic E-state index is 12.2. The van der Waals surface area contributed by atoms with Crippen LogP contribution in [0.5, 0.6) is 0 Å². The van der Waals surface area contributed by atoms with Crippen LogP contribution in [0, 0.1) is 0 Å². The summed E-state index contributed by atoms with van der Waals surface area (Å²) in [7, 11) is 0. The van der Waals surface area contributed by atoms with Gasteiger partial charge in [0.2, 0.25) is 0 Å². The predicted octanol–water partition coefficient (Wildman–Crippen LogP) is 2.89. The minimum absolute atomic E-state index is 0.0118. The summed E-state index contributed by atoms with van der Waals surface area (Å²) < 4.78 is 1.82. The Morgan fingerprint density at radius 3 is 2.85 bits per heavy atom. The SMILES string of the molecule is NC1CCCc2c1ccc(=O)n2Cc1ccccc1Cl. The highest BCUT2D eigenvalue weighted by Crippen LogP contribution is 2.27. The van der Waals surface area contributed by atoms with E-state index in [1.807, 2.05) is 34.9 Å². The van der Waals surface area contributed by atoms with Gasteiger partial charge in [0.05, 0.1) is 6.54 Å². The molecule has 1 aliphatic carbocycles. The highest BCUT2D eigenvalue weighted by molar-refractivity contribution is 6.31. The molecule has 104 valence electrons. The van der Waals surface area contributed by atoms with Crippen LogP contribution in [0.25, 0.3) is 0 Å². The lowest BCUT2D eigenvalue weighted by molar-refractivity contribution is 0.529. The van der Waals surface area contributed by atoms with Crippen LogP contribution in [0.15, 0.2) is 41.2 Å². The van der Waals surface area contributed by atoms with Gasteiger partial charge in [0, 0.05) is 22.8 Å². The van der Waals surface area contributed by atoms with E-state index in [4.69, 9.17) is 17.3 Å². The first-order chi connectivity index (χ1) is 9.66. The van der Waals surface area contributed by atoms with E-state index in [2.05, 4.69) is 0 Å². The number of benzene rings is 1. The molecule has 1 aromatic carbocycles. The highest BCUT2D eigenvalue weighted by Gasteiger charge is 2.20. The second kappa shape index (κ2) is 5.43. The molecule has 0 amide bonds. The molecule has 0 fully saturated rings. The fraction of sp³-hybridized carbons (Fsp3) is 0.312. The zero-order valence-corrected chi connectivity index (χ0v) is 11.9. The van der Waals surface area contributed by atoms with Gasteiger partial charge >= 0.3 is 0 Å². The number of hydrogen-bond donors (Lipinski definition) is 1. The van der Waals surface area contributed by atoms with Crippen molar-refractivity contribution in [2.45, 2.75) is 31.8 Å². The molecule has 1 unspecified atom stereocenters. The maximum Gasteiger partial charge on any atom is 0.251 e. The Kier molecular flexibility index (Phi) is 3.64. The molecule has 2 N–H and O–H groups in total. The van der Waals surface area contributed by atoms with E-state index < -0.39 is 0 Å². The normalized spacial score (nSPS) is 17.8. The molecule has 0 spiro atoms. The molecule has 0 aliphatic heterocycles. The zero-order chi connectivity index (χ0) is 14.1. The quantitative estimate of drug-likeness (QED) is 0.924. The average molecular weight is 289 g/mol. The molecular weight excluding hydrogens is 272 g/mol. The van der Waals surface area contributed by atoms with Gasteiger partial charge in [0.25, 0.3) is 5.56 Å². The smallest absolute Gasteiger partial charge is 0.251 e. The summed E-state index contributed by atoms with van der Waals surface area (Å²) in [5.41, 5.74) is 9.29. The predicted molar refractivity (Wildman–Crippen MR) is 81.1 cm³/mol. The van der Waals surface area contributed by atoms with Crippen LogP contribution in [-0.4, -0.2) is 4.57 Å². The largest absolute Gasteiger partial charge is 0.324 e. The van der Waals surface area contributed by atoms with Crippen molar-refractivity contribution in [2.75, 3.05) is 0 Å². The second-order valence-corrected chi connectivity index (χ2v) is 5.66. The number of hydrogen-bond acceptors (Lipinski definition) is 2. The van der Waals surface area contributed by atoms with E-state index in [1.165, 1.54) is 0 Å². The lowest BCUT2D eigenvalue weighted by atomic mass is 9.91. The number of nitrogens with two attached hydrogens (primary N) is 1. The molecular formula is C16H17ClN2O. The van der Waals surface area contributed by atoms with Crippen molar-refractivity contribution < 1.29 is 0 Å². The standard InChI is InChI=1S/C16H17ClN2O/c17-13-5-2-1-4-11(13)10-19-15-7-3-6-14(18)12(15)8-9-16(19)20/h1-2,4-5,8-9,14H,3,6-7,10,18H2. The lowest BCUT2D eigenvalue weighted by Gasteiger charge is -2.25. The van der Waals surface area contributed by atoms with E-state index >= 15 is 0 Å². The van der Waals surface area contributed by atoms with Gasteiger partial charge in [0.15, 0.2) is 0 Å². The van der Waals surface area contributed by atoms with Gasteiger partial charge in [-0.3, -0.25) is 4.79 Å². The van der Waals surface area contributed by atoms with Crippen molar-refractivity contribution in [3.8, 4) is 0 Å². The first kappa shape index (κ1) is 13.4. The van der Waals surface area contributed by atoms with Gasteiger partial charge in [-0.2, -0.15) is 0 Å². The Labute approximate surface area is 123 Å². The summed E-state index contributed by atoms with van der Waals surface area (Å²) in [6.45, 7) is 0.508. The molecule has 1 aliphatic rings. The number of halogens is 1. The Morgan fingerprint density at radius 2 is 2.05 bits per heavy atom. The van der Waals surface area contributed by atoms with E-state index in [1.54, 1.807) is 6.07 Å². The molecule has 20 heavy (non-hydrogen) atoms. The first-order valence-corrected chi connectivity index (χ1v) is 7.26. The Hall–Kier alpha value is -1.58. The third-order valence-corrected chi connectivity index (χ3v) is 4.31. The van der Waals surface area contributed by atoms with E-state index in [0.717, 1.165) is 36.1 Å². The molecule has 1 heterocycles. The van der Waals surface area contributed by atoms with Crippen molar-refractivity contribution in [1.82, 2.24) is 4.57 Å². The summed E-state index contributed by atoms with van der Waals surface area (Å²) in [4.78, 5) is 12.2. The number of nitrogens with zero attached hydrogens (tertiary/aromatic N) is 1. The minimum Gasteiger partial charge on any atom is -0.324 e. The van der Waals surface area contributed by atoms with Gasteiger partial charge in [0.1, 0.15) is 0 Å². The van der Waals surface area contributed by atoms with Crippen LogP contribution >= 0.6 is 11.6 Å². The second-order valence-electron chi connectivity index (χ2n) is 5.25. The fourth-order valence-electron chi connectivity index (χ4n) is 2.87. The third-order valence-electron chi connectivity index (χ3n) is 3.95. The maximum absolute atomic E-state index is 12.2. The summed E-state index contributed by atoms with van der Waals surface area (Å²) in [5.74, 6) is 0.